The van der Waals surface area contributed by atoms with Crippen LogP contribution < -0.4 is 4.90 Å². The van der Waals surface area contributed by atoms with Gasteiger partial charge in [-0.1, -0.05) is 17.7 Å². The van der Waals surface area contributed by atoms with Crippen molar-refractivity contribution in [2.75, 3.05) is 25.1 Å². The topological polar surface area (TPSA) is 85.8 Å². The van der Waals surface area contributed by atoms with Crippen LogP contribution in [-0.2, 0) is 14.3 Å². The van der Waals surface area contributed by atoms with E-state index in [9.17, 15) is 14.4 Å². The number of rotatable bonds is 4. The Balaban J connectivity index is 1.70. The van der Waals surface area contributed by atoms with Gasteiger partial charge in [0.1, 0.15) is 6.54 Å². The predicted octanol–water partition coefficient (Wildman–Crippen LogP) is 1.89. The first-order chi connectivity index (χ1) is 14.3. The normalized spacial score (nSPS) is 23.2. The highest BCUT2D eigenvalue weighted by Gasteiger charge is 2.56. The van der Waals surface area contributed by atoms with Gasteiger partial charge in [-0.05, 0) is 39.8 Å². The number of amides is 3. The molecule has 3 aliphatic rings. The van der Waals surface area contributed by atoms with E-state index in [0.717, 1.165) is 27.5 Å². The van der Waals surface area contributed by atoms with E-state index in [1.807, 2.05) is 54.8 Å². The Morgan fingerprint density at radius 3 is 2.40 bits per heavy atom. The SMILES string of the molecule is CCOC(=O)CN1C(=O)C2C(N=C3N(c4ccc(C)cc4)C(C)=C(C)N32)N(C)C1=O. The third-order valence-electron chi connectivity index (χ3n) is 5.78. The number of fused-ring (bicyclic) bond motifs is 3. The summed E-state index contributed by atoms with van der Waals surface area (Å²) >= 11 is 0. The summed E-state index contributed by atoms with van der Waals surface area (Å²) in [6.45, 7) is 7.38. The Kier molecular flexibility index (Phi) is 4.76. The van der Waals surface area contributed by atoms with Gasteiger partial charge in [-0.2, -0.15) is 0 Å². The number of anilines is 1. The Labute approximate surface area is 175 Å². The van der Waals surface area contributed by atoms with Crippen molar-refractivity contribution in [3.63, 3.8) is 0 Å². The first kappa shape index (κ1) is 19.9. The minimum absolute atomic E-state index is 0.183. The van der Waals surface area contributed by atoms with Crippen molar-refractivity contribution in [1.29, 1.82) is 0 Å². The summed E-state index contributed by atoms with van der Waals surface area (Å²) in [6, 6.07) is 6.77. The second-order valence-corrected chi connectivity index (χ2v) is 7.62. The predicted molar refractivity (Wildman–Crippen MR) is 110 cm³/mol. The van der Waals surface area contributed by atoms with Gasteiger partial charge in [0.15, 0.2) is 12.2 Å². The summed E-state index contributed by atoms with van der Waals surface area (Å²) in [7, 11) is 1.60. The van der Waals surface area contributed by atoms with Gasteiger partial charge in [0, 0.05) is 24.1 Å². The first-order valence-corrected chi connectivity index (χ1v) is 9.91. The number of imide groups is 1. The molecule has 3 heterocycles. The van der Waals surface area contributed by atoms with Crippen LogP contribution in [0.1, 0.15) is 26.3 Å². The lowest BCUT2D eigenvalue weighted by Gasteiger charge is -2.40. The number of aryl methyl sites for hydroxylation is 1. The molecular weight excluding hydrogens is 386 g/mol. The molecule has 0 aliphatic carbocycles. The first-order valence-electron chi connectivity index (χ1n) is 9.91. The van der Waals surface area contributed by atoms with Gasteiger partial charge in [0.05, 0.1) is 6.61 Å². The van der Waals surface area contributed by atoms with Crippen molar-refractivity contribution in [2.45, 2.75) is 39.9 Å². The van der Waals surface area contributed by atoms with Crippen LogP contribution in [0, 0.1) is 6.92 Å². The maximum Gasteiger partial charge on any atom is 0.328 e. The highest BCUT2D eigenvalue weighted by atomic mass is 16.5. The summed E-state index contributed by atoms with van der Waals surface area (Å²) in [6.07, 6.45) is -0.658. The van der Waals surface area contributed by atoms with Crippen molar-refractivity contribution in [3.8, 4) is 0 Å². The van der Waals surface area contributed by atoms with Crippen LogP contribution in [0.3, 0.4) is 0 Å². The number of hydrogen-bond acceptors (Lipinski definition) is 7. The summed E-state index contributed by atoms with van der Waals surface area (Å²) in [5, 5.41) is 0. The zero-order valence-corrected chi connectivity index (χ0v) is 17.7. The number of allylic oxidation sites excluding steroid dienone is 2. The van der Waals surface area contributed by atoms with Gasteiger partial charge in [-0.3, -0.25) is 24.3 Å². The fourth-order valence-electron chi connectivity index (χ4n) is 4.10. The van der Waals surface area contributed by atoms with Crippen molar-refractivity contribution in [1.82, 2.24) is 14.7 Å². The largest absolute Gasteiger partial charge is 0.465 e. The fourth-order valence-corrected chi connectivity index (χ4v) is 4.10. The van der Waals surface area contributed by atoms with E-state index < -0.39 is 36.7 Å². The van der Waals surface area contributed by atoms with E-state index >= 15 is 0 Å². The Hall–Kier alpha value is -3.36. The van der Waals surface area contributed by atoms with Gasteiger partial charge >= 0.3 is 12.0 Å². The molecule has 0 spiro atoms. The maximum absolute atomic E-state index is 13.3. The number of benzene rings is 1. The van der Waals surface area contributed by atoms with E-state index in [2.05, 4.69) is 0 Å². The molecule has 4 rings (SSSR count). The van der Waals surface area contributed by atoms with Crippen molar-refractivity contribution >= 4 is 29.6 Å². The number of guanidine groups is 1. The van der Waals surface area contributed by atoms with Crippen LogP contribution in [0.5, 0.6) is 0 Å². The number of likely N-dealkylation sites (N-methyl/N-ethyl adjacent to an activating group) is 1. The van der Waals surface area contributed by atoms with Gasteiger partial charge in [-0.15, -0.1) is 0 Å². The zero-order valence-electron chi connectivity index (χ0n) is 17.7. The van der Waals surface area contributed by atoms with Gasteiger partial charge in [-0.25, -0.2) is 9.79 Å². The third-order valence-corrected chi connectivity index (χ3v) is 5.78. The molecule has 9 nitrogen and oxygen atoms in total. The summed E-state index contributed by atoms with van der Waals surface area (Å²) in [5.74, 6) is -0.459. The number of carbonyl (C=O) groups is 3. The van der Waals surface area contributed by atoms with E-state index in [1.54, 1.807) is 14.0 Å². The van der Waals surface area contributed by atoms with Crippen LogP contribution in [-0.4, -0.2) is 71.0 Å². The van der Waals surface area contributed by atoms with E-state index in [0.29, 0.717) is 5.96 Å². The molecule has 0 N–H and O–H groups in total. The molecule has 30 heavy (non-hydrogen) atoms. The van der Waals surface area contributed by atoms with Crippen LogP contribution >= 0.6 is 0 Å². The van der Waals surface area contributed by atoms with Crippen LogP contribution in [0.15, 0.2) is 40.7 Å². The van der Waals surface area contributed by atoms with Gasteiger partial charge in [0.2, 0.25) is 5.96 Å². The second-order valence-electron chi connectivity index (χ2n) is 7.62. The number of urea groups is 1. The molecule has 2 unspecified atom stereocenters. The molecular formula is C21H25N5O4. The summed E-state index contributed by atoms with van der Waals surface area (Å²) < 4.78 is 4.93. The molecule has 2 atom stereocenters. The summed E-state index contributed by atoms with van der Waals surface area (Å²) in [4.78, 5) is 49.0. The molecule has 1 saturated heterocycles. The number of nitrogens with zero attached hydrogens (tertiary/aromatic N) is 5. The minimum atomic E-state index is -0.720. The van der Waals surface area contributed by atoms with E-state index in [-0.39, 0.29) is 6.61 Å². The molecule has 9 heteroatoms. The molecule has 1 aromatic rings. The zero-order chi connectivity index (χ0) is 21.7. The quantitative estimate of drug-likeness (QED) is 0.704. The molecule has 3 amide bonds. The average molecular weight is 411 g/mol. The summed E-state index contributed by atoms with van der Waals surface area (Å²) in [5.41, 5.74) is 3.92. The molecule has 0 aromatic heterocycles. The fraction of sp³-hybridized carbons (Fsp3) is 0.429. The van der Waals surface area contributed by atoms with Crippen molar-refractivity contribution in [2.24, 2.45) is 4.99 Å². The third kappa shape index (κ3) is 2.84. The number of aliphatic imine (C=N–C) groups is 1. The number of carbonyl (C=O) groups excluding carboxylic acids is 3. The Morgan fingerprint density at radius 1 is 1.10 bits per heavy atom. The number of esters is 1. The lowest BCUT2D eigenvalue weighted by molar-refractivity contribution is -0.150. The van der Waals surface area contributed by atoms with Crippen molar-refractivity contribution in [3.05, 3.63) is 41.2 Å². The minimum Gasteiger partial charge on any atom is -0.465 e. The average Bonchev–Trinajstić information content (AvgIpc) is 3.21. The molecule has 0 bridgehead atoms. The molecule has 158 valence electrons. The molecule has 0 saturated carbocycles. The molecule has 1 fully saturated rings. The van der Waals surface area contributed by atoms with Crippen LogP contribution in [0.4, 0.5) is 10.5 Å². The van der Waals surface area contributed by atoms with Gasteiger partial charge < -0.3 is 9.64 Å². The molecule has 0 radical (unpaired) electrons. The van der Waals surface area contributed by atoms with Gasteiger partial charge in [0.25, 0.3) is 5.91 Å². The Morgan fingerprint density at radius 2 is 1.77 bits per heavy atom. The maximum atomic E-state index is 13.3. The Bertz CT molecular complexity index is 984. The number of ether oxygens (including phenoxy) is 1. The van der Waals surface area contributed by atoms with Crippen LogP contribution in [0.25, 0.3) is 0 Å². The monoisotopic (exact) mass is 411 g/mol. The van der Waals surface area contributed by atoms with Crippen molar-refractivity contribution < 1.29 is 19.1 Å². The number of hydrogen-bond donors (Lipinski definition) is 0. The highest BCUT2D eigenvalue weighted by molar-refractivity contribution is 6.11. The molecule has 1 aromatic carbocycles. The van der Waals surface area contributed by atoms with Crippen LogP contribution in [0.2, 0.25) is 0 Å². The lowest BCUT2D eigenvalue weighted by atomic mass is 10.1. The van der Waals surface area contributed by atoms with E-state index in [1.165, 1.54) is 4.90 Å². The lowest BCUT2D eigenvalue weighted by Crippen LogP contribution is -2.65. The smallest absolute Gasteiger partial charge is 0.328 e. The standard InChI is InChI=1S/C21H25N5O4/c1-6-30-16(27)11-24-19(28)17-18(23(5)21(24)29)22-20-25(13(3)14(4)26(17)20)15-9-7-12(2)8-10-15/h7-10,17-18H,6,11H2,1-5H3. The second kappa shape index (κ2) is 7.16. The highest BCUT2D eigenvalue weighted by Crippen LogP contribution is 2.39. The van der Waals surface area contributed by atoms with E-state index in [4.69, 9.17) is 9.73 Å². The molecule has 3 aliphatic heterocycles.